The predicted molar refractivity (Wildman–Crippen MR) is 106 cm³/mol. The number of hydrogen-bond donors (Lipinski definition) is 1. The van der Waals surface area contributed by atoms with Crippen molar-refractivity contribution in [2.45, 2.75) is 25.8 Å². The van der Waals surface area contributed by atoms with Crippen LogP contribution < -0.4 is 10.1 Å². The van der Waals surface area contributed by atoms with Gasteiger partial charge in [0.1, 0.15) is 5.82 Å². The van der Waals surface area contributed by atoms with Crippen LogP contribution in [0.15, 0.2) is 36.8 Å². The van der Waals surface area contributed by atoms with Crippen molar-refractivity contribution in [2.75, 3.05) is 25.5 Å². The van der Waals surface area contributed by atoms with Crippen molar-refractivity contribution < 1.29 is 4.74 Å². The summed E-state index contributed by atoms with van der Waals surface area (Å²) in [6.07, 6.45) is 9.38. The molecule has 8 heteroatoms. The van der Waals surface area contributed by atoms with Gasteiger partial charge in [0, 0.05) is 25.1 Å². The van der Waals surface area contributed by atoms with E-state index in [2.05, 4.69) is 36.2 Å². The number of thiazole rings is 1. The minimum absolute atomic E-state index is 0.348. The van der Waals surface area contributed by atoms with Crippen LogP contribution in [-0.4, -0.2) is 45.0 Å². The Morgan fingerprint density at radius 3 is 2.74 bits per heavy atom. The maximum absolute atomic E-state index is 5.08. The van der Waals surface area contributed by atoms with E-state index in [1.54, 1.807) is 19.5 Å². The lowest BCUT2D eigenvalue weighted by atomic mass is 10.1. The van der Waals surface area contributed by atoms with Crippen molar-refractivity contribution in [3.8, 4) is 16.6 Å². The third kappa shape index (κ3) is 4.58. The molecule has 0 saturated carbocycles. The average Bonchev–Trinajstić information content (AvgIpc) is 3.19. The molecule has 0 radical (unpaired) electrons. The largest absolute Gasteiger partial charge is 0.467 e. The van der Waals surface area contributed by atoms with Gasteiger partial charge in [-0.3, -0.25) is 4.90 Å². The third-order valence-corrected chi connectivity index (χ3v) is 5.42. The van der Waals surface area contributed by atoms with Gasteiger partial charge in [-0.2, -0.15) is 4.98 Å². The summed E-state index contributed by atoms with van der Waals surface area (Å²) in [6.45, 7) is 3.36. The van der Waals surface area contributed by atoms with E-state index in [-0.39, 0.29) is 0 Å². The number of hydrogen-bond acceptors (Lipinski definition) is 8. The predicted octanol–water partition coefficient (Wildman–Crippen LogP) is 3.73. The summed E-state index contributed by atoms with van der Waals surface area (Å²) in [4.78, 5) is 20.8. The lowest BCUT2D eigenvalue weighted by molar-refractivity contribution is 0.220. The Morgan fingerprint density at radius 2 is 1.96 bits per heavy atom. The number of pyridine rings is 1. The van der Waals surface area contributed by atoms with E-state index in [1.165, 1.54) is 49.3 Å². The van der Waals surface area contributed by atoms with E-state index >= 15 is 0 Å². The standard InChI is InChI=1S/C19H22N6OS/c1-26-18-20-8-7-15(23-18)16-12-22-19(27-16)24-17-6-5-14(11-21-17)13-25-9-3-2-4-10-25/h5-8,11-12H,2-4,9-10,13H2,1H3,(H,21,22,24). The Hall–Kier alpha value is -2.58. The van der Waals surface area contributed by atoms with Crippen molar-refractivity contribution in [1.82, 2.24) is 24.8 Å². The van der Waals surface area contributed by atoms with E-state index in [4.69, 9.17) is 4.74 Å². The van der Waals surface area contributed by atoms with Crippen LogP contribution in [0.25, 0.3) is 10.6 Å². The molecule has 0 atom stereocenters. The quantitative estimate of drug-likeness (QED) is 0.696. The highest BCUT2D eigenvalue weighted by atomic mass is 32.1. The third-order valence-electron chi connectivity index (χ3n) is 4.49. The molecule has 1 N–H and O–H groups in total. The summed E-state index contributed by atoms with van der Waals surface area (Å²) in [6, 6.07) is 6.33. The topological polar surface area (TPSA) is 76.1 Å². The molecular formula is C19H22N6OS. The van der Waals surface area contributed by atoms with Crippen LogP contribution in [0.5, 0.6) is 6.01 Å². The van der Waals surface area contributed by atoms with Crippen molar-refractivity contribution in [1.29, 1.82) is 0 Å². The molecule has 0 unspecified atom stereocenters. The first kappa shape index (κ1) is 17.8. The van der Waals surface area contributed by atoms with Gasteiger partial charge in [-0.1, -0.05) is 23.8 Å². The monoisotopic (exact) mass is 382 g/mol. The van der Waals surface area contributed by atoms with Crippen LogP contribution >= 0.6 is 11.3 Å². The van der Waals surface area contributed by atoms with Crippen LogP contribution in [0.4, 0.5) is 10.9 Å². The zero-order valence-electron chi connectivity index (χ0n) is 15.3. The molecule has 7 nitrogen and oxygen atoms in total. The second-order valence-corrected chi connectivity index (χ2v) is 7.50. The fraction of sp³-hybridized carbons (Fsp3) is 0.368. The van der Waals surface area contributed by atoms with Gasteiger partial charge in [-0.25, -0.2) is 15.0 Å². The Labute approximate surface area is 162 Å². The molecule has 1 saturated heterocycles. The molecule has 1 aliphatic rings. The number of rotatable bonds is 6. The number of likely N-dealkylation sites (tertiary alicyclic amines) is 1. The fourth-order valence-corrected chi connectivity index (χ4v) is 3.90. The minimum atomic E-state index is 0.348. The molecule has 0 spiro atoms. The van der Waals surface area contributed by atoms with Crippen LogP contribution in [0.3, 0.4) is 0 Å². The van der Waals surface area contributed by atoms with Crippen molar-refractivity contribution in [2.24, 2.45) is 0 Å². The number of ether oxygens (including phenoxy) is 1. The molecule has 1 fully saturated rings. The van der Waals surface area contributed by atoms with Gasteiger partial charge in [-0.05, 0) is 43.6 Å². The molecule has 0 amide bonds. The molecule has 4 rings (SSSR count). The zero-order chi connectivity index (χ0) is 18.5. The summed E-state index contributed by atoms with van der Waals surface area (Å²) in [5, 5.41) is 4.04. The summed E-state index contributed by atoms with van der Waals surface area (Å²) in [5.74, 6) is 0.790. The molecule has 0 bridgehead atoms. The van der Waals surface area contributed by atoms with Crippen LogP contribution in [0.1, 0.15) is 24.8 Å². The smallest absolute Gasteiger partial charge is 0.316 e. The number of nitrogens with zero attached hydrogens (tertiary/aromatic N) is 5. The van der Waals surface area contributed by atoms with Gasteiger partial charge in [0.05, 0.1) is 17.7 Å². The number of anilines is 2. The van der Waals surface area contributed by atoms with Crippen LogP contribution in [0.2, 0.25) is 0 Å². The molecular weight excluding hydrogens is 360 g/mol. The number of nitrogens with one attached hydrogen (secondary N) is 1. The zero-order valence-corrected chi connectivity index (χ0v) is 16.1. The highest BCUT2D eigenvalue weighted by Gasteiger charge is 2.11. The van der Waals surface area contributed by atoms with Crippen molar-refractivity contribution in [3.63, 3.8) is 0 Å². The molecule has 1 aliphatic heterocycles. The second kappa shape index (κ2) is 8.41. The van der Waals surface area contributed by atoms with Gasteiger partial charge in [-0.15, -0.1) is 0 Å². The number of piperidine rings is 1. The van der Waals surface area contributed by atoms with Crippen molar-refractivity contribution >= 4 is 22.3 Å². The molecule has 3 aromatic heterocycles. The molecule has 27 heavy (non-hydrogen) atoms. The summed E-state index contributed by atoms with van der Waals surface area (Å²) in [5.41, 5.74) is 2.03. The molecule has 140 valence electrons. The highest BCUT2D eigenvalue weighted by molar-refractivity contribution is 7.18. The second-order valence-electron chi connectivity index (χ2n) is 6.47. The van der Waals surface area contributed by atoms with E-state index in [0.29, 0.717) is 6.01 Å². The maximum atomic E-state index is 5.08. The molecule has 0 aromatic carbocycles. The van der Waals surface area contributed by atoms with E-state index in [1.807, 2.05) is 18.3 Å². The van der Waals surface area contributed by atoms with E-state index in [0.717, 1.165) is 28.1 Å². The van der Waals surface area contributed by atoms with E-state index < -0.39 is 0 Å². The molecule has 4 heterocycles. The highest BCUT2D eigenvalue weighted by Crippen LogP contribution is 2.29. The Bertz CT molecular complexity index is 876. The fourth-order valence-electron chi connectivity index (χ4n) is 3.10. The SMILES string of the molecule is COc1nccc(-c2cnc(Nc3ccc(CN4CCCCC4)cn3)s2)n1. The van der Waals surface area contributed by atoms with Gasteiger partial charge in [0.15, 0.2) is 5.13 Å². The summed E-state index contributed by atoms with van der Waals surface area (Å²) in [7, 11) is 1.55. The van der Waals surface area contributed by atoms with Crippen LogP contribution in [-0.2, 0) is 6.54 Å². The average molecular weight is 382 g/mol. The lowest BCUT2D eigenvalue weighted by Gasteiger charge is -2.26. The van der Waals surface area contributed by atoms with Gasteiger partial charge >= 0.3 is 6.01 Å². The normalized spacial score (nSPS) is 14.9. The Morgan fingerprint density at radius 1 is 1.07 bits per heavy atom. The lowest BCUT2D eigenvalue weighted by Crippen LogP contribution is -2.29. The first-order valence-corrected chi connectivity index (χ1v) is 9.89. The van der Waals surface area contributed by atoms with Crippen molar-refractivity contribution in [3.05, 3.63) is 42.4 Å². The summed E-state index contributed by atoms with van der Waals surface area (Å²) < 4.78 is 5.08. The van der Waals surface area contributed by atoms with Crippen LogP contribution in [0, 0.1) is 0 Å². The number of aromatic nitrogens is 4. The number of methoxy groups -OCH3 is 1. The Kier molecular flexibility index (Phi) is 5.55. The van der Waals surface area contributed by atoms with Gasteiger partial charge < -0.3 is 10.1 Å². The van der Waals surface area contributed by atoms with Gasteiger partial charge in [0.25, 0.3) is 0 Å². The minimum Gasteiger partial charge on any atom is -0.467 e. The summed E-state index contributed by atoms with van der Waals surface area (Å²) >= 11 is 1.52. The first-order chi connectivity index (χ1) is 13.3. The maximum Gasteiger partial charge on any atom is 0.316 e. The van der Waals surface area contributed by atoms with E-state index in [9.17, 15) is 0 Å². The first-order valence-electron chi connectivity index (χ1n) is 9.08. The molecule has 3 aromatic rings. The Balaban J connectivity index is 1.39. The molecule has 0 aliphatic carbocycles. The van der Waals surface area contributed by atoms with Gasteiger partial charge in [0.2, 0.25) is 0 Å².